The summed E-state index contributed by atoms with van der Waals surface area (Å²) in [7, 11) is 0. The Bertz CT molecular complexity index is 1220. The standard InChI is InChI=1S/C22H20ClFN2O4S/c1-12-20(31-14-5-3-4-13(8-14)21(28)29)15-6-7-16(23)18(24)19(15)26(12)9-17(27)25-10-22(2,30)11-25/h3-8,30H,9-11H2,1-2H3,(H,28,29). The van der Waals surface area contributed by atoms with Gasteiger partial charge in [0.2, 0.25) is 5.91 Å². The molecule has 1 amide bonds. The number of aliphatic hydroxyl groups is 1. The molecule has 31 heavy (non-hydrogen) atoms. The Morgan fingerprint density at radius 3 is 2.61 bits per heavy atom. The predicted octanol–water partition coefficient (Wildman–Crippen LogP) is 4.18. The largest absolute Gasteiger partial charge is 0.478 e. The minimum absolute atomic E-state index is 0.0463. The molecule has 6 nitrogen and oxygen atoms in total. The molecular weight excluding hydrogens is 443 g/mol. The van der Waals surface area contributed by atoms with E-state index in [4.69, 9.17) is 11.6 Å². The summed E-state index contributed by atoms with van der Waals surface area (Å²) >= 11 is 7.33. The highest BCUT2D eigenvalue weighted by molar-refractivity contribution is 7.99. The van der Waals surface area contributed by atoms with Crippen LogP contribution < -0.4 is 0 Å². The Balaban J connectivity index is 1.76. The molecule has 0 bridgehead atoms. The molecule has 1 saturated heterocycles. The van der Waals surface area contributed by atoms with Crippen molar-refractivity contribution < 1.29 is 24.2 Å². The molecule has 0 radical (unpaired) electrons. The maximum atomic E-state index is 15.0. The maximum absolute atomic E-state index is 15.0. The number of amides is 1. The third-order valence-corrected chi connectivity index (χ3v) is 6.83. The van der Waals surface area contributed by atoms with Gasteiger partial charge in [0.15, 0.2) is 5.82 Å². The van der Waals surface area contributed by atoms with Crippen LogP contribution in [0.25, 0.3) is 10.9 Å². The summed E-state index contributed by atoms with van der Waals surface area (Å²) in [5.74, 6) is -1.87. The molecule has 162 valence electrons. The molecule has 3 aromatic rings. The molecule has 2 heterocycles. The minimum Gasteiger partial charge on any atom is -0.478 e. The number of carboxylic acids is 1. The van der Waals surface area contributed by atoms with E-state index < -0.39 is 17.4 Å². The van der Waals surface area contributed by atoms with Gasteiger partial charge in [0, 0.05) is 20.9 Å². The van der Waals surface area contributed by atoms with Gasteiger partial charge in [-0.3, -0.25) is 4.79 Å². The van der Waals surface area contributed by atoms with Crippen molar-refractivity contribution in [2.45, 2.75) is 35.8 Å². The second-order valence-electron chi connectivity index (χ2n) is 7.94. The first-order chi connectivity index (χ1) is 14.6. The monoisotopic (exact) mass is 462 g/mol. The molecule has 0 saturated carbocycles. The number of benzene rings is 2. The van der Waals surface area contributed by atoms with E-state index in [1.54, 1.807) is 42.7 Å². The smallest absolute Gasteiger partial charge is 0.335 e. The summed E-state index contributed by atoms with van der Waals surface area (Å²) in [6.45, 7) is 3.82. The Morgan fingerprint density at radius 1 is 1.26 bits per heavy atom. The van der Waals surface area contributed by atoms with Gasteiger partial charge in [-0.2, -0.15) is 0 Å². The van der Waals surface area contributed by atoms with E-state index in [-0.39, 0.29) is 41.6 Å². The number of fused-ring (bicyclic) bond motifs is 1. The highest BCUT2D eigenvalue weighted by atomic mass is 35.5. The van der Waals surface area contributed by atoms with Crippen LogP contribution in [0, 0.1) is 12.7 Å². The molecular formula is C22H20ClFN2O4S. The third-order valence-electron chi connectivity index (χ3n) is 5.33. The van der Waals surface area contributed by atoms with Gasteiger partial charge in [0.25, 0.3) is 0 Å². The summed E-state index contributed by atoms with van der Waals surface area (Å²) in [6.07, 6.45) is 0. The lowest BCUT2D eigenvalue weighted by molar-refractivity contribution is -0.152. The van der Waals surface area contributed by atoms with Crippen LogP contribution in [-0.2, 0) is 11.3 Å². The zero-order valence-corrected chi connectivity index (χ0v) is 18.4. The molecule has 9 heteroatoms. The first kappa shape index (κ1) is 21.7. The lowest BCUT2D eigenvalue weighted by Crippen LogP contribution is -2.62. The highest BCUT2D eigenvalue weighted by Crippen LogP contribution is 2.40. The SMILES string of the molecule is Cc1c(Sc2cccc(C(=O)O)c2)c2ccc(Cl)c(F)c2n1CC(=O)N1CC(C)(O)C1. The van der Waals surface area contributed by atoms with Crippen molar-refractivity contribution in [1.82, 2.24) is 9.47 Å². The molecule has 0 spiro atoms. The van der Waals surface area contributed by atoms with Gasteiger partial charge in [-0.25, -0.2) is 9.18 Å². The number of nitrogens with zero attached hydrogens (tertiary/aromatic N) is 2. The van der Waals surface area contributed by atoms with Crippen LogP contribution in [0.4, 0.5) is 4.39 Å². The second-order valence-corrected chi connectivity index (χ2v) is 9.43. The number of halogens is 2. The molecule has 2 aromatic carbocycles. The van der Waals surface area contributed by atoms with Gasteiger partial charge in [0.1, 0.15) is 6.54 Å². The number of carbonyl (C=O) groups is 2. The normalized spacial score (nSPS) is 15.2. The van der Waals surface area contributed by atoms with Crippen molar-refractivity contribution in [1.29, 1.82) is 0 Å². The van der Waals surface area contributed by atoms with Crippen molar-refractivity contribution in [2.24, 2.45) is 0 Å². The number of aromatic carboxylic acids is 1. The number of hydrogen-bond acceptors (Lipinski definition) is 4. The lowest BCUT2D eigenvalue weighted by atomic mass is 9.97. The Kier molecular flexibility index (Phi) is 5.49. The molecule has 1 aliphatic heterocycles. The van der Waals surface area contributed by atoms with Crippen molar-refractivity contribution in [2.75, 3.05) is 13.1 Å². The number of carboxylic acid groups (broad SMARTS) is 1. The maximum Gasteiger partial charge on any atom is 0.335 e. The van der Waals surface area contributed by atoms with E-state index in [1.165, 1.54) is 28.8 Å². The molecule has 0 unspecified atom stereocenters. The lowest BCUT2D eigenvalue weighted by Gasteiger charge is -2.44. The molecule has 0 atom stereocenters. The fourth-order valence-electron chi connectivity index (χ4n) is 3.80. The number of aromatic nitrogens is 1. The Hall–Kier alpha value is -2.55. The number of hydrogen-bond donors (Lipinski definition) is 2. The first-order valence-corrected chi connectivity index (χ1v) is 10.7. The fraction of sp³-hybridized carbons (Fsp3) is 0.273. The Labute approximate surface area is 187 Å². The zero-order valence-electron chi connectivity index (χ0n) is 16.9. The minimum atomic E-state index is -1.03. The van der Waals surface area contributed by atoms with Crippen molar-refractivity contribution in [3.05, 3.63) is 58.5 Å². The van der Waals surface area contributed by atoms with E-state index in [1.807, 2.05) is 0 Å². The van der Waals surface area contributed by atoms with Crippen LogP contribution in [0.15, 0.2) is 46.2 Å². The molecule has 1 aliphatic rings. The first-order valence-electron chi connectivity index (χ1n) is 9.55. The quantitative estimate of drug-likeness (QED) is 0.594. The van der Waals surface area contributed by atoms with Crippen LogP contribution in [-0.4, -0.2) is 50.2 Å². The average Bonchev–Trinajstić information content (AvgIpc) is 2.95. The van der Waals surface area contributed by atoms with Crippen molar-refractivity contribution >= 4 is 46.1 Å². The predicted molar refractivity (Wildman–Crippen MR) is 116 cm³/mol. The van der Waals surface area contributed by atoms with Crippen LogP contribution in [0.3, 0.4) is 0 Å². The van der Waals surface area contributed by atoms with E-state index in [0.29, 0.717) is 16.0 Å². The Morgan fingerprint density at radius 2 is 1.97 bits per heavy atom. The number of likely N-dealkylation sites (tertiary alicyclic amines) is 1. The van der Waals surface area contributed by atoms with Gasteiger partial charge in [-0.1, -0.05) is 29.4 Å². The van der Waals surface area contributed by atoms with Gasteiger partial charge in [-0.05, 0) is 44.2 Å². The summed E-state index contributed by atoms with van der Waals surface area (Å²) in [5.41, 5.74) is 0.152. The number of carbonyl (C=O) groups excluding carboxylic acids is 1. The van der Waals surface area contributed by atoms with Gasteiger partial charge < -0.3 is 19.7 Å². The summed E-state index contributed by atoms with van der Waals surface area (Å²) in [4.78, 5) is 27.0. The number of β-amino-alcohol motifs (C(OH)–C–C–N with tert-alkyl or cyclic N) is 1. The van der Waals surface area contributed by atoms with Gasteiger partial charge in [-0.15, -0.1) is 0 Å². The van der Waals surface area contributed by atoms with E-state index in [0.717, 1.165) is 4.90 Å². The molecule has 1 aromatic heterocycles. The van der Waals surface area contributed by atoms with Gasteiger partial charge >= 0.3 is 5.97 Å². The van der Waals surface area contributed by atoms with Gasteiger partial charge in [0.05, 0.1) is 34.8 Å². The summed E-state index contributed by atoms with van der Waals surface area (Å²) in [5, 5.41) is 19.7. The fourth-order valence-corrected chi connectivity index (χ4v) is 5.05. The molecule has 0 aliphatic carbocycles. The van der Waals surface area contributed by atoms with E-state index >= 15 is 4.39 Å². The second kappa shape index (κ2) is 7.85. The zero-order chi connectivity index (χ0) is 22.5. The average molecular weight is 463 g/mol. The summed E-state index contributed by atoms with van der Waals surface area (Å²) < 4.78 is 16.6. The number of rotatable bonds is 5. The van der Waals surface area contributed by atoms with Crippen LogP contribution >= 0.6 is 23.4 Å². The molecule has 1 fully saturated rings. The van der Waals surface area contributed by atoms with Crippen molar-refractivity contribution in [3.8, 4) is 0 Å². The third kappa shape index (κ3) is 4.03. The van der Waals surface area contributed by atoms with E-state index in [9.17, 15) is 19.8 Å². The van der Waals surface area contributed by atoms with Crippen LogP contribution in [0.1, 0.15) is 23.0 Å². The summed E-state index contributed by atoms with van der Waals surface area (Å²) in [6, 6.07) is 9.65. The van der Waals surface area contributed by atoms with Crippen LogP contribution in [0.2, 0.25) is 5.02 Å². The topological polar surface area (TPSA) is 82.8 Å². The van der Waals surface area contributed by atoms with Crippen molar-refractivity contribution in [3.63, 3.8) is 0 Å². The highest BCUT2D eigenvalue weighted by Gasteiger charge is 2.39. The van der Waals surface area contributed by atoms with Crippen LogP contribution in [0.5, 0.6) is 0 Å². The molecule has 2 N–H and O–H groups in total. The van der Waals surface area contributed by atoms with E-state index in [2.05, 4.69) is 0 Å². The molecule has 4 rings (SSSR count).